The van der Waals surface area contributed by atoms with E-state index < -0.39 is 31.2 Å². The summed E-state index contributed by atoms with van der Waals surface area (Å²) in [5, 5.41) is 26.1. The molecule has 0 unspecified atom stereocenters. The lowest BCUT2D eigenvalue weighted by Gasteiger charge is -2.23. The van der Waals surface area contributed by atoms with Crippen molar-refractivity contribution < 1.29 is 24.9 Å². The fraction of sp³-hybridized carbons (Fsp3) is 0.833. The van der Waals surface area contributed by atoms with Gasteiger partial charge < -0.3 is 20.1 Å². The highest BCUT2D eigenvalue weighted by Crippen LogP contribution is 2.16. The lowest BCUT2D eigenvalue weighted by molar-refractivity contribution is -0.164. The van der Waals surface area contributed by atoms with E-state index in [9.17, 15) is 4.79 Å². The van der Waals surface area contributed by atoms with Crippen LogP contribution in [0.1, 0.15) is 0 Å². The van der Waals surface area contributed by atoms with Gasteiger partial charge >= 0.3 is 5.97 Å². The highest BCUT2D eigenvalue weighted by atomic mass is 16.5. The zero-order valence-corrected chi connectivity index (χ0v) is 6.56. The summed E-state index contributed by atoms with van der Waals surface area (Å²) in [6.07, 6.45) is 0. The third-order valence-electron chi connectivity index (χ3n) is 1.56. The van der Waals surface area contributed by atoms with Crippen LogP contribution in [0.4, 0.5) is 0 Å². The van der Waals surface area contributed by atoms with Crippen molar-refractivity contribution in [1.82, 2.24) is 0 Å². The van der Waals surface area contributed by atoms with Gasteiger partial charge in [-0.25, -0.2) is 0 Å². The van der Waals surface area contributed by atoms with Crippen LogP contribution >= 0.6 is 0 Å². The number of esters is 1. The molecule has 0 aromatic rings. The van der Waals surface area contributed by atoms with Crippen molar-refractivity contribution in [3.8, 4) is 0 Å². The van der Waals surface area contributed by atoms with Gasteiger partial charge in [0.2, 0.25) is 0 Å². The molecule has 0 aliphatic carbocycles. The predicted molar refractivity (Wildman–Crippen MR) is 38.8 cm³/mol. The van der Waals surface area contributed by atoms with Crippen molar-refractivity contribution in [3.05, 3.63) is 0 Å². The van der Waals surface area contributed by atoms with Gasteiger partial charge in [0.15, 0.2) is 0 Å². The number of rotatable bonds is 5. The maximum atomic E-state index is 11.0. The number of carbonyl (C=O) groups is 1. The molecule has 0 rings (SSSR count). The fourth-order valence-electron chi connectivity index (χ4n) is 0.572. The molecule has 0 atom stereocenters. The quantitative estimate of drug-likeness (QED) is 0.272. The summed E-state index contributed by atoms with van der Waals surface area (Å²) in [5.74, 6) is -0.905. The number of aliphatic hydroxyl groups excluding tert-OH is 3. The van der Waals surface area contributed by atoms with Gasteiger partial charge in [-0.05, 0) is 0 Å². The number of ether oxygens (including phenoxy) is 1. The second-order valence-corrected chi connectivity index (χ2v) is 2.35. The smallest absolute Gasteiger partial charge is 0.320 e. The van der Waals surface area contributed by atoms with Crippen LogP contribution in [0.2, 0.25) is 0 Å². The van der Waals surface area contributed by atoms with E-state index >= 15 is 0 Å². The Bertz CT molecular complexity index is 137. The average molecular weight is 179 g/mol. The molecule has 0 saturated heterocycles. The Labute approximate surface area is 69.6 Å². The van der Waals surface area contributed by atoms with Crippen LogP contribution in [0.5, 0.6) is 0 Å². The van der Waals surface area contributed by atoms with Gasteiger partial charge in [-0.1, -0.05) is 0 Å². The van der Waals surface area contributed by atoms with E-state index in [-0.39, 0.29) is 6.73 Å². The summed E-state index contributed by atoms with van der Waals surface area (Å²) in [6, 6.07) is 0. The van der Waals surface area contributed by atoms with E-state index in [4.69, 9.17) is 21.1 Å². The molecule has 72 valence electrons. The monoisotopic (exact) mass is 179 g/mol. The number of hydrogen-bond donors (Lipinski definition) is 4. The van der Waals surface area contributed by atoms with Crippen molar-refractivity contribution >= 4 is 5.97 Å². The molecular weight excluding hydrogens is 166 g/mol. The highest BCUT2D eigenvalue weighted by Gasteiger charge is 2.38. The molecule has 0 aliphatic heterocycles. The Kier molecular flexibility index (Phi) is 4.75. The molecule has 12 heavy (non-hydrogen) atoms. The van der Waals surface area contributed by atoms with Crippen LogP contribution in [0.25, 0.3) is 0 Å². The Morgan fingerprint density at radius 1 is 1.25 bits per heavy atom. The molecule has 0 amide bonds. The molecular formula is C6H13NO5. The van der Waals surface area contributed by atoms with Gasteiger partial charge in [-0.15, -0.1) is 0 Å². The predicted octanol–water partition coefficient (Wildman–Crippen LogP) is -2.59. The second-order valence-electron chi connectivity index (χ2n) is 2.35. The van der Waals surface area contributed by atoms with E-state index in [0.29, 0.717) is 0 Å². The van der Waals surface area contributed by atoms with E-state index in [1.54, 1.807) is 0 Å². The van der Waals surface area contributed by atoms with Gasteiger partial charge in [-0.2, -0.15) is 0 Å². The molecule has 5 N–H and O–H groups in total. The van der Waals surface area contributed by atoms with Crippen molar-refractivity contribution in [2.24, 2.45) is 11.1 Å². The van der Waals surface area contributed by atoms with Crippen molar-refractivity contribution in [2.45, 2.75) is 0 Å². The molecule has 0 radical (unpaired) electrons. The summed E-state index contributed by atoms with van der Waals surface area (Å²) < 4.78 is 4.34. The summed E-state index contributed by atoms with van der Waals surface area (Å²) in [5.41, 5.74) is 3.26. The average Bonchev–Trinajstić information content (AvgIpc) is 2.09. The van der Waals surface area contributed by atoms with Crippen LogP contribution in [0.3, 0.4) is 0 Å². The Morgan fingerprint density at radius 2 is 1.67 bits per heavy atom. The summed E-state index contributed by atoms with van der Waals surface area (Å²) in [7, 11) is 0. The minimum absolute atomic E-state index is 0.347. The van der Waals surface area contributed by atoms with Gasteiger partial charge in [0.05, 0.1) is 19.8 Å². The Morgan fingerprint density at radius 3 is 1.92 bits per heavy atom. The maximum Gasteiger partial charge on any atom is 0.320 e. The fourth-order valence-corrected chi connectivity index (χ4v) is 0.572. The van der Waals surface area contributed by atoms with Crippen molar-refractivity contribution in [1.29, 1.82) is 0 Å². The zero-order chi connectivity index (χ0) is 9.61. The lowest BCUT2D eigenvalue weighted by atomic mass is 9.92. The molecule has 0 bridgehead atoms. The topological polar surface area (TPSA) is 113 Å². The zero-order valence-electron chi connectivity index (χ0n) is 6.56. The van der Waals surface area contributed by atoms with E-state index in [1.807, 2.05) is 0 Å². The standard InChI is InChI=1S/C6H13NO5/c7-4-12-5(11)6(1-8,2-9)3-10/h8-10H,1-4,7H2. The summed E-state index contributed by atoms with van der Waals surface area (Å²) >= 11 is 0. The van der Waals surface area contributed by atoms with Gasteiger partial charge in [0.1, 0.15) is 12.1 Å². The van der Waals surface area contributed by atoms with Crippen LogP contribution < -0.4 is 5.73 Å². The molecule has 0 spiro atoms. The molecule has 0 fully saturated rings. The Balaban J connectivity index is 4.36. The SMILES string of the molecule is NCOC(=O)C(CO)(CO)CO. The molecule has 0 heterocycles. The Hall–Kier alpha value is -0.690. The first-order chi connectivity index (χ1) is 5.66. The first-order valence-corrected chi connectivity index (χ1v) is 3.36. The summed E-state index contributed by atoms with van der Waals surface area (Å²) in [4.78, 5) is 11.0. The number of hydrogen-bond acceptors (Lipinski definition) is 6. The van der Waals surface area contributed by atoms with E-state index in [2.05, 4.69) is 4.74 Å². The van der Waals surface area contributed by atoms with Crippen LogP contribution in [0, 0.1) is 5.41 Å². The largest absolute Gasteiger partial charge is 0.449 e. The molecule has 6 nitrogen and oxygen atoms in total. The van der Waals surface area contributed by atoms with E-state index in [0.717, 1.165) is 0 Å². The molecule has 0 saturated carbocycles. The van der Waals surface area contributed by atoms with Crippen LogP contribution in [0.15, 0.2) is 0 Å². The van der Waals surface area contributed by atoms with Crippen LogP contribution in [-0.4, -0.2) is 47.8 Å². The molecule has 0 aliphatic rings. The van der Waals surface area contributed by atoms with Gasteiger partial charge in [0.25, 0.3) is 0 Å². The third kappa shape index (κ3) is 2.15. The van der Waals surface area contributed by atoms with E-state index in [1.165, 1.54) is 0 Å². The minimum Gasteiger partial charge on any atom is -0.449 e. The van der Waals surface area contributed by atoms with Gasteiger partial charge in [-0.3, -0.25) is 10.5 Å². The lowest BCUT2D eigenvalue weighted by Crippen LogP contribution is -2.43. The summed E-state index contributed by atoms with van der Waals surface area (Å²) in [6.45, 7) is -2.39. The minimum atomic E-state index is -1.64. The first-order valence-electron chi connectivity index (χ1n) is 3.36. The highest BCUT2D eigenvalue weighted by molar-refractivity contribution is 5.77. The number of aliphatic hydroxyl groups is 3. The normalized spacial score (nSPS) is 11.3. The molecule has 0 aromatic heterocycles. The molecule has 0 aromatic carbocycles. The molecule has 6 heteroatoms. The van der Waals surface area contributed by atoms with Crippen molar-refractivity contribution in [3.63, 3.8) is 0 Å². The third-order valence-corrected chi connectivity index (χ3v) is 1.56. The van der Waals surface area contributed by atoms with Crippen LogP contribution in [-0.2, 0) is 9.53 Å². The first kappa shape index (κ1) is 11.3. The van der Waals surface area contributed by atoms with Gasteiger partial charge in [0, 0.05) is 0 Å². The number of carbonyl (C=O) groups excluding carboxylic acids is 1. The van der Waals surface area contributed by atoms with Crippen molar-refractivity contribution in [2.75, 3.05) is 26.6 Å². The maximum absolute atomic E-state index is 11.0. The number of nitrogens with two attached hydrogens (primary N) is 1. The second kappa shape index (κ2) is 5.04.